The van der Waals surface area contributed by atoms with E-state index in [-0.39, 0.29) is 0 Å². The molecule has 1 unspecified atom stereocenters. The largest absolute Gasteiger partial charge is 0.354 e. The molecule has 3 N–H and O–H groups in total. The maximum Gasteiger partial charge on any atom is 0.222 e. The summed E-state index contributed by atoms with van der Waals surface area (Å²) >= 11 is 3.46. The van der Waals surface area contributed by atoms with Crippen molar-refractivity contribution in [3.63, 3.8) is 0 Å². The molecule has 0 saturated carbocycles. The Bertz CT molecular complexity index is 527. The van der Waals surface area contributed by atoms with Crippen LogP contribution in [0.15, 0.2) is 41.1 Å². The molecule has 5 heteroatoms. The molecule has 0 aliphatic heterocycles. The van der Waals surface area contributed by atoms with Gasteiger partial charge in [-0.3, -0.25) is 0 Å². The molecular formula is C14H17BrN4. The molecule has 2 rings (SSSR count). The van der Waals surface area contributed by atoms with Gasteiger partial charge in [0.2, 0.25) is 5.95 Å². The molecule has 19 heavy (non-hydrogen) atoms. The normalized spacial score (nSPS) is 12.2. The molecular weight excluding hydrogens is 304 g/mol. The molecule has 0 bridgehead atoms. The molecule has 1 aromatic carbocycles. The van der Waals surface area contributed by atoms with Crippen molar-refractivity contribution >= 4 is 21.9 Å². The van der Waals surface area contributed by atoms with Crippen LogP contribution in [0.4, 0.5) is 5.95 Å². The Balaban J connectivity index is 2.06. The van der Waals surface area contributed by atoms with E-state index in [0.29, 0.717) is 18.4 Å². The summed E-state index contributed by atoms with van der Waals surface area (Å²) in [4.78, 5) is 8.63. The molecule has 0 saturated heterocycles. The molecule has 2 aromatic rings. The van der Waals surface area contributed by atoms with E-state index in [4.69, 9.17) is 5.73 Å². The van der Waals surface area contributed by atoms with Gasteiger partial charge >= 0.3 is 0 Å². The number of rotatable bonds is 5. The number of anilines is 1. The molecule has 0 fully saturated rings. The molecule has 1 heterocycles. The summed E-state index contributed by atoms with van der Waals surface area (Å²) in [6.07, 6.45) is 3.65. The Labute approximate surface area is 121 Å². The van der Waals surface area contributed by atoms with Gasteiger partial charge in [0, 0.05) is 29.0 Å². The van der Waals surface area contributed by atoms with Crippen molar-refractivity contribution in [3.05, 3.63) is 41.1 Å². The van der Waals surface area contributed by atoms with E-state index in [1.54, 1.807) is 0 Å². The molecule has 0 aliphatic carbocycles. The fourth-order valence-electron chi connectivity index (χ4n) is 1.59. The van der Waals surface area contributed by atoms with Crippen molar-refractivity contribution in [2.75, 3.05) is 18.4 Å². The molecule has 100 valence electrons. The Hall–Kier alpha value is -1.46. The third-order valence-electron chi connectivity index (χ3n) is 2.82. The number of hydrogen-bond donors (Lipinski definition) is 2. The minimum Gasteiger partial charge on any atom is -0.354 e. The predicted molar refractivity (Wildman–Crippen MR) is 81.9 cm³/mol. The minimum absolute atomic E-state index is 0.411. The second-order valence-electron chi connectivity index (χ2n) is 4.53. The lowest BCUT2D eigenvalue weighted by molar-refractivity contribution is 0.625. The van der Waals surface area contributed by atoms with Crippen LogP contribution in [-0.2, 0) is 0 Å². The standard InChI is InChI=1S/C14H17BrN4/c1-10(6-16)7-17-14-18-8-12(9-19-14)11-3-2-4-13(15)5-11/h2-5,8-10H,6-7,16H2,1H3,(H,17,18,19). The van der Waals surface area contributed by atoms with E-state index >= 15 is 0 Å². The van der Waals surface area contributed by atoms with Gasteiger partial charge in [-0.2, -0.15) is 0 Å². The SMILES string of the molecule is CC(CN)CNc1ncc(-c2cccc(Br)c2)cn1. The Morgan fingerprint density at radius 2 is 2.00 bits per heavy atom. The van der Waals surface area contributed by atoms with Gasteiger partial charge in [-0.1, -0.05) is 35.0 Å². The summed E-state index contributed by atoms with van der Waals surface area (Å²) in [5.41, 5.74) is 7.66. The molecule has 1 aromatic heterocycles. The van der Waals surface area contributed by atoms with Crippen molar-refractivity contribution in [2.24, 2.45) is 11.7 Å². The minimum atomic E-state index is 0.411. The summed E-state index contributed by atoms with van der Waals surface area (Å²) in [6.45, 7) is 3.53. The van der Waals surface area contributed by atoms with Crippen LogP contribution >= 0.6 is 15.9 Å². The number of nitrogens with zero attached hydrogens (tertiary/aromatic N) is 2. The van der Waals surface area contributed by atoms with E-state index in [9.17, 15) is 0 Å². The lowest BCUT2D eigenvalue weighted by atomic mass is 10.1. The highest BCUT2D eigenvalue weighted by molar-refractivity contribution is 9.10. The molecule has 0 aliphatic rings. The van der Waals surface area contributed by atoms with Crippen LogP contribution in [-0.4, -0.2) is 23.1 Å². The molecule has 4 nitrogen and oxygen atoms in total. The van der Waals surface area contributed by atoms with E-state index in [1.807, 2.05) is 36.7 Å². The number of halogens is 1. The van der Waals surface area contributed by atoms with Crippen LogP contribution in [0.25, 0.3) is 11.1 Å². The highest BCUT2D eigenvalue weighted by atomic mass is 79.9. The number of nitrogens with one attached hydrogen (secondary N) is 1. The van der Waals surface area contributed by atoms with Crippen LogP contribution in [0.3, 0.4) is 0 Å². The summed E-state index contributed by atoms with van der Waals surface area (Å²) in [5.74, 6) is 1.05. The zero-order valence-electron chi connectivity index (χ0n) is 10.8. The molecule has 0 amide bonds. The van der Waals surface area contributed by atoms with Crippen LogP contribution in [0.1, 0.15) is 6.92 Å². The zero-order valence-corrected chi connectivity index (χ0v) is 12.4. The van der Waals surface area contributed by atoms with E-state index in [2.05, 4.69) is 38.1 Å². The van der Waals surface area contributed by atoms with E-state index in [1.165, 1.54) is 0 Å². The Morgan fingerprint density at radius 1 is 1.26 bits per heavy atom. The first-order valence-electron chi connectivity index (χ1n) is 6.21. The quantitative estimate of drug-likeness (QED) is 0.889. The number of hydrogen-bond acceptors (Lipinski definition) is 4. The van der Waals surface area contributed by atoms with Gasteiger partial charge in [-0.05, 0) is 30.2 Å². The van der Waals surface area contributed by atoms with Crippen LogP contribution in [0.5, 0.6) is 0 Å². The Morgan fingerprint density at radius 3 is 2.63 bits per heavy atom. The second kappa shape index (κ2) is 6.63. The zero-order chi connectivity index (χ0) is 13.7. The maximum absolute atomic E-state index is 5.57. The van der Waals surface area contributed by atoms with Crippen molar-refractivity contribution in [3.8, 4) is 11.1 Å². The average Bonchev–Trinajstić information content (AvgIpc) is 2.45. The third kappa shape index (κ3) is 4.01. The summed E-state index contributed by atoms with van der Waals surface area (Å²) in [6, 6.07) is 8.07. The van der Waals surface area contributed by atoms with Gasteiger partial charge in [-0.25, -0.2) is 9.97 Å². The van der Waals surface area contributed by atoms with Gasteiger partial charge in [-0.15, -0.1) is 0 Å². The highest BCUT2D eigenvalue weighted by Crippen LogP contribution is 2.21. The van der Waals surface area contributed by atoms with Gasteiger partial charge in [0.15, 0.2) is 0 Å². The molecule has 0 radical (unpaired) electrons. The maximum atomic E-state index is 5.57. The number of aromatic nitrogens is 2. The second-order valence-corrected chi connectivity index (χ2v) is 5.44. The fourth-order valence-corrected chi connectivity index (χ4v) is 1.98. The van der Waals surface area contributed by atoms with Crippen molar-refractivity contribution in [2.45, 2.75) is 6.92 Å². The fraction of sp³-hybridized carbons (Fsp3) is 0.286. The lowest BCUT2D eigenvalue weighted by Crippen LogP contribution is -2.20. The van der Waals surface area contributed by atoms with Gasteiger partial charge in [0.1, 0.15) is 0 Å². The smallest absolute Gasteiger partial charge is 0.222 e. The lowest BCUT2D eigenvalue weighted by Gasteiger charge is -2.10. The van der Waals surface area contributed by atoms with E-state index < -0.39 is 0 Å². The van der Waals surface area contributed by atoms with Crippen LogP contribution in [0, 0.1) is 5.92 Å². The predicted octanol–water partition coefficient (Wildman–Crippen LogP) is 2.91. The first-order chi connectivity index (χ1) is 9.19. The number of nitrogens with two attached hydrogens (primary N) is 1. The van der Waals surface area contributed by atoms with Gasteiger partial charge in [0.25, 0.3) is 0 Å². The van der Waals surface area contributed by atoms with Crippen molar-refractivity contribution < 1.29 is 0 Å². The van der Waals surface area contributed by atoms with E-state index in [0.717, 1.165) is 22.1 Å². The molecule has 0 spiro atoms. The van der Waals surface area contributed by atoms with Crippen LogP contribution in [0.2, 0.25) is 0 Å². The third-order valence-corrected chi connectivity index (χ3v) is 3.31. The highest BCUT2D eigenvalue weighted by Gasteiger charge is 2.03. The van der Waals surface area contributed by atoms with Crippen molar-refractivity contribution in [1.29, 1.82) is 0 Å². The Kier molecular flexibility index (Phi) is 4.87. The summed E-state index contributed by atoms with van der Waals surface area (Å²) in [7, 11) is 0. The van der Waals surface area contributed by atoms with Gasteiger partial charge in [0.05, 0.1) is 0 Å². The van der Waals surface area contributed by atoms with Crippen LogP contribution < -0.4 is 11.1 Å². The molecule has 1 atom stereocenters. The van der Waals surface area contributed by atoms with Crippen molar-refractivity contribution in [1.82, 2.24) is 9.97 Å². The van der Waals surface area contributed by atoms with Gasteiger partial charge < -0.3 is 11.1 Å². The summed E-state index contributed by atoms with van der Waals surface area (Å²) in [5, 5.41) is 3.17. The monoisotopic (exact) mass is 320 g/mol. The first-order valence-corrected chi connectivity index (χ1v) is 7.00. The topological polar surface area (TPSA) is 63.8 Å². The summed E-state index contributed by atoms with van der Waals surface area (Å²) < 4.78 is 1.05. The average molecular weight is 321 g/mol. The first kappa shape index (κ1) is 14.0. The number of benzene rings is 1.